The third-order valence-electron chi connectivity index (χ3n) is 6.35. The van der Waals surface area contributed by atoms with Gasteiger partial charge in [-0.05, 0) is 49.3 Å². The summed E-state index contributed by atoms with van der Waals surface area (Å²) in [4.78, 5) is 7.30. The number of guanidine groups is 1. The van der Waals surface area contributed by atoms with Crippen molar-refractivity contribution in [3.8, 4) is 0 Å². The molecule has 1 fully saturated rings. The molecule has 31 heavy (non-hydrogen) atoms. The van der Waals surface area contributed by atoms with E-state index in [9.17, 15) is 5.11 Å². The Balaban J connectivity index is 0.00000272. The van der Waals surface area contributed by atoms with Crippen LogP contribution in [-0.2, 0) is 18.6 Å². The Labute approximate surface area is 203 Å². The van der Waals surface area contributed by atoms with Gasteiger partial charge in [-0.15, -0.1) is 24.0 Å². The SMILES string of the molecule is CCNC(=NCC1(O)CCc2ccccc21)NC1CCN(Cc2ccccc2)CC1.I. The van der Waals surface area contributed by atoms with Crippen LogP contribution in [-0.4, -0.2) is 48.2 Å². The molecule has 0 radical (unpaired) electrons. The molecular formula is C25H35IN4O. The van der Waals surface area contributed by atoms with Crippen molar-refractivity contribution < 1.29 is 5.11 Å². The van der Waals surface area contributed by atoms with Crippen molar-refractivity contribution in [1.29, 1.82) is 0 Å². The van der Waals surface area contributed by atoms with Crippen LogP contribution in [0.2, 0.25) is 0 Å². The Morgan fingerprint density at radius 1 is 1.10 bits per heavy atom. The molecule has 0 aromatic heterocycles. The molecule has 3 N–H and O–H groups in total. The van der Waals surface area contributed by atoms with Crippen LogP contribution < -0.4 is 10.6 Å². The Bertz CT molecular complexity index is 852. The van der Waals surface area contributed by atoms with Crippen LogP contribution in [0.1, 0.15) is 42.9 Å². The number of benzene rings is 2. The van der Waals surface area contributed by atoms with Gasteiger partial charge in [0.1, 0.15) is 5.60 Å². The number of halogens is 1. The number of aliphatic hydroxyl groups is 1. The molecule has 4 rings (SSSR count). The average Bonchev–Trinajstić information content (AvgIpc) is 3.12. The Kier molecular flexibility index (Phi) is 8.75. The maximum Gasteiger partial charge on any atom is 0.191 e. The van der Waals surface area contributed by atoms with Crippen LogP contribution in [0.15, 0.2) is 59.6 Å². The van der Waals surface area contributed by atoms with Gasteiger partial charge < -0.3 is 15.7 Å². The number of likely N-dealkylation sites (tertiary alicyclic amines) is 1. The van der Waals surface area contributed by atoms with Crippen LogP contribution in [0.5, 0.6) is 0 Å². The summed E-state index contributed by atoms with van der Waals surface area (Å²) in [6, 6.07) is 19.3. The van der Waals surface area contributed by atoms with Crippen molar-refractivity contribution in [2.45, 2.75) is 50.8 Å². The predicted octanol–water partition coefficient (Wildman–Crippen LogP) is 3.66. The topological polar surface area (TPSA) is 59.9 Å². The van der Waals surface area contributed by atoms with Crippen molar-refractivity contribution in [3.05, 3.63) is 71.3 Å². The molecule has 6 heteroatoms. The van der Waals surface area contributed by atoms with E-state index in [0.717, 1.165) is 63.4 Å². The third kappa shape index (κ3) is 6.20. The Morgan fingerprint density at radius 3 is 2.55 bits per heavy atom. The number of hydrogen-bond donors (Lipinski definition) is 3. The average molecular weight is 534 g/mol. The van der Waals surface area contributed by atoms with E-state index >= 15 is 0 Å². The zero-order chi connectivity index (χ0) is 20.8. The summed E-state index contributed by atoms with van der Waals surface area (Å²) in [6.07, 6.45) is 3.87. The molecule has 1 aliphatic carbocycles. The maximum atomic E-state index is 11.2. The van der Waals surface area contributed by atoms with Gasteiger partial charge >= 0.3 is 0 Å². The second-order valence-corrected chi connectivity index (χ2v) is 8.56. The van der Waals surface area contributed by atoms with E-state index in [1.54, 1.807) is 0 Å². The summed E-state index contributed by atoms with van der Waals surface area (Å²) in [6.45, 7) is 6.49. The molecule has 1 saturated heterocycles. The first-order valence-electron chi connectivity index (χ1n) is 11.3. The first kappa shape index (κ1) is 24.0. The van der Waals surface area contributed by atoms with Gasteiger partial charge in [-0.1, -0.05) is 54.6 Å². The molecule has 1 unspecified atom stereocenters. The van der Waals surface area contributed by atoms with Crippen molar-refractivity contribution in [3.63, 3.8) is 0 Å². The van der Waals surface area contributed by atoms with Gasteiger partial charge in [0, 0.05) is 32.2 Å². The Hall–Kier alpha value is -1.64. The molecule has 0 bridgehead atoms. The predicted molar refractivity (Wildman–Crippen MR) is 138 cm³/mol. The lowest BCUT2D eigenvalue weighted by molar-refractivity contribution is 0.0485. The molecule has 0 spiro atoms. The van der Waals surface area contributed by atoms with E-state index in [1.165, 1.54) is 11.1 Å². The third-order valence-corrected chi connectivity index (χ3v) is 6.35. The maximum absolute atomic E-state index is 11.2. The molecule has 2 aromatic carbocycles. The number of nitrogens with zero attached hydrogens (tertiary/aromatic N) is 2. The minimum atomic E-state index is -0.849. The lowest BCUT2D eigenvalue weighted by Gasteiger charge is -2.33. The quantitative estimate of drug-likeness (QED) is 0.301. The number of piperidine rings is 1. The highest BCUT2D eigenvalue weighted by Gasteiger charge is 2.36. The van der Waals surface area contributed by atoms with Crippen molar-refractivity contribution >= 4 is 29.9 Å². The summed E-state index contributed by atoms with van der Waals surface area (Å²) in [7, 11) is 0. The van der Waals surface area contributed by atoms with Crippen molar-refractivity contribution in [2.24, 2.45) is 4.99 Å². The summed E-state index contributed by atoms with van der Waals surface area (Å²) in [5.41, 5.74) is 2.82. The van der Waals surface area contributed by atoms with Gasteiger partial charge in [-0.25, -0.2) is 4.99 Å². The van der Waals surface area contributed by atoms with Gasteiger partial charge in [-0.3, -0.25) is 4.90 Å². The van der Waals surface area contributed by atoms with Crippen LogP contribution in [0.4, 0.5) is 0 Å². The van der Waals surface area contributed by atoms with Crippen molar-refractivity contribution in [1.82, 2.24) is 15.5 Å². The van der Waals surface area contributed by atoms with E-state index in [4.69, 9.17) is 4.99 Å². The number of hydrogen-bond acceptors (Lipinski definition) is 3. The zero-order valence-electron chi connectivity index (χ0n) is 18.4. The highest BCUT2D eigenvalue weighted by Crippen LogP contribution is 2.36. The normalized spacial score (nSPS) is 21.9. The number of aryl methyl sites for hydroxylation is 1. The highest BCUT2D eigenvalue weighted by atomic mass is 127. The summed E-state index contributed by atoms with van der Waals surface area (Å²) < 4.78 is 0. The Morgan fingerprint density at radius 2 is 1.81 bits per heavy atom. The summed E-state index contributed by atoms with van der Waals surface area (Å²) in [5, 5.41) is 18.1. The second-order valence-electron chi connectivity index (χ2n) is 8.56. The van der Waals surface area contributed by atoms with Gasteiger partial charge in [0.2, 0.25) is 0 Å². The zero-order valence-corrected chi connectivity index (χ0v) is 20.7. The molecular weight excluding hydrogens is 499 g/mol. The van der Waals surface area contributed by atoms with E-state index in [2.05, 4.69) is 58.9 Å². The second kappa shape index (κ2) is 11.3. The van der Waals surface area contributed by atoms with Gasteiger partial charge in [0.15, 0.2) is 5.96 Å². The molecule has 0 amide bonds. The fraction of sp³-hybridized carbons (Fsp3) is 0.480. The van der Waals surface area contributed by atoms with Gasteiger partial charge in [-0.2, -0.15) is 0 Å². The number of aliphatic imine (C=N–C) groups is 1. The minimum absolute atomic E-state index is 0. The first-order valence-corrected chi connectivity index (χ1v) is 11.3. The standard InChI is InChI=1S/C25H34N4O.HI/c1-2-26-24(27-19-25(30)15-12-21-10-6-7-11-23(21)25)28-22-13-16-29(17-14-22)18-20-8-4-3-5-9-20;/h3-11,22,30H,2,12-19H2,1H3,(H2,26,27,28);1H. The molecule has 1 atom stereocenters. The lowest BCUT2D eigenvalue weighted by Crippen LogP contribution is -2.49. The molecule has 1 aliphatic heterocycles. The van der Waals surface area contributed by atoms with Crippen LogP contribution in [0.3, 0.4) is 0 Å². The summed E-state index contributed by atoms with van der Waals surface area (Å²) >= 11 is 0. The van der Waals surface area contributed by atoms with Crippen molar-refractivity contribution in [2.75, 3.05) is 26.2 Å². The number of nitrogens with one attached hydrogen (secondary N) is 2. The van der Waals surface area contributed by atoms with Gasteiger partial charge in [0.25, 0.3) is 0 Å². The van der Waals surface area contributed by atoms with E-state index in [1.807, 2.05) is 18.2 Å². The lowest BCUT2D eigenvalue weighted by atomic mass is 9.96. The van der Waals surface area contributed by atoms with Crippen LogP contribution in [0.25, 0.3) is 0 Å². The van der Waals surface area contributed by atoms with E-state index in [-0.39, 0.29) is 24.0 Å². The largest absolute Gasteiger partial charge is 0.383 e. The van der Waals surface area contributed by atoms with E-state index < -0.39 is 5.60 Å². The van der Waals surface area contributed by atoms with Crippen LogP contribution in [0, 0.1) is 0 Å². The molecule has 0 saturated carbocycles. The van der Waals surface area contributed by atoms with Crippen LogP contribution >= 0.6 is 24.0 Å². The fourth-order valence-electron chi connectivity index (χ4n) is 4.63. The van der Waals surface area contributed by atoms with Gasteiger partial charge in [0.05, 0.1) is 6.54 Å². The molecule has 2 aromatic rings. The highest BCUT2D eigenvalue weighted by molar-refractivity contribution is 14.0. The first-order chi connectivity index (χ1) is 14.7. The monoisotopic (exact) mass is 534 g/mol. The molecule has 5 nitrogen and oxygen atoms in total. The minimum Gasteiger partial charge on any atom is -0.383 e. The molecule has 2 aliphatic rings. The van der Waals surface area contributed by atoms with E-state index in [0.29, 0.717) is 12.6 Å². The fourth-order valence-corrected chi connectivity index (χ4v) is 4.63. The smallest absolute Gasteiger partial charge is 0.191 e. The number of fused-ring (bicyclic) bond motifs is 1. The molecule has 1 heterocycles. The molecule has 168 valence electrons. The number of rotatable bonds is 6. The summed E-state index contributed by atoms with van der Waals surface area (Å²) in [5.74, 6) is 0.816.